The minimum absolute atomic E-state index is 0.0618. The molecule has 2 heterocycles. The minimum atomic E-state index is 0.0618. The smallest absolute Gasteiger partial charge is 0.222 e. The van der Waals surface area contributed by atoms with E-state index in [0.717, 1.165) is 39.0 Å². The summed E-state index contributed by atoms with van der Waals surface area (Å²) in [6, 6.07) is 0. The Morgan fingerprint density at radius 2 is 2.53 bits per heavy atom. The zero-order valence-corrected chi connectivity index (χ0v) is 11.5. The molecular formula is C14H24N2O3. The molecule has 5 heteroatoms. The summed E-state index contributed by atoms with van der Waals surface area (Å²) in [6.45, 7) is 4.53. The lowest BCUT2D eigenvalue weighted by Gasteiger charge is -2.14. The maximum atomic E-state index is 11.6. The number of carbonyl (C=O) groups excluding carboxylic acids is 1. The molecule has 0 spiro atoms. The monoisotopic (exact) mass is 268 g/mol. The van der Waals surface area contributed by atoms with Crippen molar-refractivity contribution in [1.29, 1.82) is 0 Å². The quantitative estimate of drug-likeness (QED) is 0.524. The van der Waals surface area contributed by atoms with E-state index in [4.69, 9.17) is 9.47 Å². The van der Waals surface area contributed by atoms with Gasteiger partial charge in [-0.25, -0.2) is 0 Å². The third kappa shape index (κ3) is 5.72. The van der Waals surface area contributed by atoms with Crippen LogP contribution < -0.4 is 10.6 Å². The van der Waals surface area contributed by atoms with Crippen molar-refractivity contribution in [2.45, 2.75) is 31.8 Å². The van der Waals surface area contributed by atoms with E-state index in [1.807, 2.05) is 0 Å². The third-order valence-corrected chi connectivity index (χ3v) is 3.47. The lowest BCUT2D eigenvalue weighted by atomic mass is 10.1. The van der Waals surface area contributed by atoms with Crippen LogP contribution in [0.3, 0.4) is 0 Å². The maximum Gasteiger partial charge on any atom is 0.222 e. The molecule has 0 aromatic heterocycles. The predicted octanol–water partition coefficient (Wildman–Crippen LogP) is 0.608. The molecule has 5 nitrogen and oxygen atoms in total. The summed E-state index contributed by atoms with van der Waals surface area (Å²) in [6.07, 6.45) is 6.04. The lowest BCUT2D eigenvalue weighted by molar-refractivity contribution is -0.122. The number of hydrogen-bond acceptors (Lipinski definition) is 4. The highest BCUT2D eigenvalue weighted by molar-refractivity contribution is 5.76. The molecule has 1 atom stereocenters. The average molecular weight is 268 g/mol. The van der Waals surface area contributed by atoms with Crippen LogP contribution in [0.25, 0.3) is 0 Å². The number of nitrogens with one attached hydrogen (secondary N) is 2. The van der Waals surface area contributed by atoms with Crippen molar-refractivity contribution >= 4 is 5.91 Å². The van der Waals surface area contributed by atoms with Crippen molar-refractivity contribution in [1.82, 2.24) is 10.6 Å². The summed E-state index contributed by atoms with van der Waals surface area (Å²) in [5, 5.41) is 6.18. The van der Waals surface area contributed by atoms with Gasteiger partial charge in [-0.1, -0.05) is 11.6 Å². The summed E-state index contributed by atoms with van der Waals surface area (Å²) >= 11 is 0. The molecule has 1 fully saturated rings. The van der Waals surface area contributed by atoms with Crippen molar-refractivity contribution in [3.05, 3.63) is 11.6 Å². The Morgan fingerprint density at radius 1 is 1.58 bits per heavy atom. The number of carbonyl (C=O) groups is 1. The van der Waals surface area contributed by atoms with Gasteiger partial charge < -0.3 is 20.1 Å². The van der Waals surface area contributed by atoms with Gasteiger partial charge in [-0.2, -0.15) is 0 Å². The van der Waals surface area contributed by atoms with Gasteiger partial charge in [0, 0.05) is 26.1 Å². The minimum Gasteiger partial charge on any atom is -0.378 e. The van der Waals surface area contributed by atoms with E-state index in [9.17, 15) is 4.79 Å². The van der Waals surface area contributed by atoms with Crippen LogP contribution >= 0.6 is 0 Å². The molecular weight excluding hydrogens is 244 g/mol. The van der Waals surface area contributed by atoms with Gasteiger partial charge in [0.25, 0.3) is 0 Å². The van der Waals surface area contributed by atoms with Gasteiger partial charge in [0.2, 0.25) is 5.91 Å². The summed E-state index contributed by atoms with van der Waals surface area (Å²) in [4.78, 5) is 11.6. The fourth-order valence-electron chi connectivity index (χ4n) is 2.29. The van der Waals surface area contributed by atoms with Crippen LogP contribution in [0.2, 0.25) is 0 Å². The van der Waals surface area contributed by atoms with Gasteiger partial charge in [0.15, 0.2) is 0 Å². The van der Waals surface area contributed by atoms with Crippen LogP contribution in [0.1, 0.15) is 25.7 Å². The molecule has 1 amide bonds. The fraction of sp³-hybridized carbons (Fsp3) is 0.786. The summed E-state index contributed by atoms with van der Waals surface area (Å²) in [5.74, 6) is 0.0618. The van der Waals surface area contributed by atoms with Crippen molar-refractivity contribution in [2.75, 3.05) is 39.5 Å². The Labute approximate surface area is 114 Å². The zero-order valence-electron chi connectivity index (χ0n) is 11.5. The van der Waals surface area contributed by atoms with Crippen molar-refractivity contribution in [2.24, 2.45) is 0 Å². The highest BCUT2D eigenvalue weighted by atomic mass is 16.5. The second-order valence-electron chi connectivity index (χ2n) is 5.05. The van der Waals surface area contributed by atoms with Gasteiger partial charge in [0.05, 0.1) is 19.3 Å². The summed E-state index contributed by atoms with van der Waals surface area (Å²) in [5.41, 5.74) is 1.31. The van der Waals surface area contributed by atoms with Crippen LogP contribution in [-0.4, -0.2) is 51.5 Å². The predicted molar refractivity (Wildman–Crippen MR) is 73.0 cm³/mol. The first-order valence-corrected chi connectivity index (χ1v) is 7.19. The molecule has 2 aliphatic heterocycles. The normalized spacial score (nSPS) is 23.2. The second kappa shape index (κ2) is 8.30. The van der Waals surface area contributed by atoms with Gasteiger partial charge in [-0.15, -0.1) is 0 Å². The molecule has 0 bridgehead atoms. The molecule has 0 radical (unpaired) electrons. The highest BCUT2D eigenvalue weighted by Gasteiger charge is 2.15. The highest BCUT2D eigenvalue weighted by Crippen LogP contribution is 2.11. The van der Waals surface area contributed by atoms with E-state index in [0.29, 0.717) is 26.2 Å². The number of rotatable bonds is 7. The van der Waals surface area contributed by atoms with Crippen LogP contribution in [0.15, 0.2) is 11.6 Å². The SMILES string of the molecule is O=C(CCOCC1CCCO1)NCC1=CCNCC1. The van der Waals surface area contributed by atoms with E-state index >= 15 is 0 Å². The third-order valence-electron chi connectivity index (χ3n) is 3.47. The Bertz CT molecular complexity index is 312. The molecule has 1 saturated heterocycles. The van der Waals surface area contributed by atoms with Gasteiger partial charge in [-0.3, -0.25) is 4.79 Å². The molecule has 19 heavy (non-hydrogen) atoms. The molecule has 1 unspecified atom stereocenters. The summed E-state index contributed by atoms with van der Waals surface area (Å²) < 4.78 is 10.9. The van der Waals surface area contributed by atoms with Crippen LogP contribution in [0.4, 0.5) is 0 Å². The summed E-state index contributed by atoms with van der Waals surface area (Å²) in [7, 11) is 0. The Hall–Kier alpha value is -0.910. The van der Waals surface area contributed by atoms with Crippen molar-refractivity contribution < 1.29 is 14.3 Å². The standard InChI is InChI=1S/C14H24N2O3/c17-14(16-10-12-3-6-15-7-4-12)5-9-18-11-13-2-1-8-19-13/h3,13,15H,1-2,4-11H2,(H,16,17). The van der Waals surface area contributed by atoms with Gasteiger partial charge in [0.1, 0.15) is 0 Å². The molecule has 0 saturated carbocycles. The first-order valence-electron chi connectivity index (χ1n) is 7.19. The Kier molecular flexibility index (Phi) is 6.33. The van der Waals surface area contributed by atoms with E-state index in [1.165, 1.54) is 5.57 Å². The molecule has 2 rings (SSSR count). The molecule has 2 N–H and O–H groups in total. The largest absolute Gasteiger partial charge is 0.378 e. The molecule has 0 aliphatic carbocycles. The number of ether oxygens (including phenoxy) is 2. The van der Waals surface area contributed by atoms with E-state index < -0.39 is 0 Å². The van der Waals surface area contributed by atoms with E-state index in [1.54, 1.807) is 0 Å². The number of hydrogen-bond donors (Lipinski definition) is 2. The van der Waals surface area contributed by atoms with Crippen LogP contribution in [0, 0.1) is 0 Å². The Balaban J connectivity index is 1.48. The van der Waals surface area contributed by atoms with E-state index in [2.05, 4.69) is 16.7 Å². The van der Waals surface area contributed by atoms with Crippen molar-refractivity contribution in [3.8, 4) is 0 Å². The van der Waals surface area contributed by atoms with Crippen LogP contribution in [0.5, 0.6) is 0 Å². The lowest BCUT2D eigenvalue weighted by Crippen LogP contribution is -2.30. The van der Waals surface area contributed by atoms with Gasteiger partial charge in [-0.05, 0) is 25.8 Å². The Morgan fingerprint density at radius 3 is 3.26 bits per heavy atom. The first-order chi connectivity index (χ1) is 9.34. The van der Waals surface area contributed by atoms with Crippen LogP contribution in [-0.2, 0) is 14.3 Å². The van der Waals surface area contributed by atoms with Crippen molar-refractivity contribution in [3.63, 3.8) is 0 Å². The topological polar surface area (TPSA) is 59.6 Å². The zero-order chi connectivity index (χ0) is 13.3. The van der Waals surface area contributed by atoms with E-state index in [-0.39, 0.29) is 12.0 Å². The average Bonchev–Trinajstić information content (AvgIpc) is 2.96. The second-order valence-corrected chi connectivity index (χ2v) is 5.05. The molecule has 0 aromatic rings. The van der Waals surface area contributed by atoms with Gasteiger partial charge >= 0.3 is 0 Å². The molecule has 0 aromatic carbocycles. The number of amides is 1. The molecule has 108 valence electrons. The first kappa shape index (κ1) is 14.5. The molecule has 2 aliphatic rings. The maximum absolute atomic E-state index is 11.6. The fourth-order valence-corrected chi connectivity index (χ4v) is 2.29.